The number of aryl methyl sites for hydroxylation is 1. The van der Waals surface area contributed by atoms with Crippen LogP contribution in [-0.4, -0.2) is 30.8 Å². The first kappa shape index (κ1) is 22.0. The fourth-order valence-corrected chi connectivity index (χ4v) is 4.30. The molecular formula is C23H24FN5O2S. The number of benzene rings is 2. The van der Waals surface area contributed by atoms with Crippen LogP contribution in [0.15, 0.2) is 58.5 Å². The second kappa shape index (κ2) is 9.95. The number of para-hydroxylation sites is 1. The Hall–Kier alpha value is -3.20. The molecule has 0 saturated heterocycles. The van der Waals surface area contributed by atoms with Gasteiger partial charge in [-0.15, -0.1) is 10.2 Å². The molecule has 2 aromatic heterocycles. The minimum Gasteiger partial charge on any atom is -0.351 e. The largest absolute Gasteiger partial charge is 0.351 e. The van der Waals surface area contributed by atoms with E-state index in [0.29, 0.717) is 29.4 Å². The molecule has 0 aliphatic heterocycles. The molecule has 2 heterocycles. The Kier molecular flexibility index (Phi) is 6.84. The summed E-state index contributed by atoms with van der Waals surface area (Å²) in [4.78, 5) is 25.4. The third kappa shape index (κ3) is 4.67. The maximum absolute atomic E-state index is 13.0. The second-order valence-corrected chi connectivity index (χ2v) is 8.43. The van der Waals surface area contributed by atoms with Crippen molar-refractivity contribution in [3.8, 4) is 0 Å². The molecule has 0 aliphatic carbocycles. The molecule has 0 unspecified atom stereocenters. The van der Waals surface area contributed by atoms with E-state index in [1.54, 1.807) is 22.8 Å². The van der Waals surface area contributed by atoms with Crippen molar-refractivity contribution in [1.82, 2.24) is 24.5 Å². The molecule has 0 atom stereocenters. The van der Waals surface area contributed by atoms with Gasteiger partial charge in [0.05, 0.1) is 16.7 Å². The number of thioether (sulfide) groups is 1. The van der Waals surface area contributed by atoms with Crippen LogP contribution in [0.25, 0.3) is 16.7 Å². The third-order valence-electron chi connectivity index (χ3n) is 5.20. The highest BCUT2D eigenvalue weighted by atomic mass is 32.2. The highest BCUT2D eigenvalue weighted by Gasteiger charge is 2.17. The van der Waals surface area contributed by atoms with Crippen LogP contribution < -0.4 is 10.9 Å². The fourth-order valence-electron chi connectivity index (χ4n) is 3.53. The fraction of sp³-hybridized carbons (Fsp3) is 0.304. The maximum atomic E-state index is 13.0. The number of nitrogens with one attached hydrogen (secondary N) is 1. The molecule has 4 aromatic rings. The molecular weight excluding hydrogens is 429 g/mol. The third-order valence-corrected chi connectivity index (χ3v) is 6.13. The van der Waals surface area contributed by atoms with Gasteiger partial charge < -0.3 is 5.32 Å². The van der Waals surface area contributed by atoms with Gasteiger partial charge in [-0.1, -0.05) is 55.8 Å². The molecule has 7 nitrogen and oxygen atoms in total. The van der Waals surface area contributed by atoms with Crippen molar-refractivity contribution in [2.45, 2.75) is 44.4 Å². The van der Waals surface area contributed by atoms with Gasteiger partial charge in [-0.25, -0.2) is 4.39 Å². The van der Waals surface area contributed by atoms with Crippen LogP contribution in [0.2, 0.25) is 0 Å². The second-order valence-electron chi connectivity index (χ2n) is 7.49. The molecule has 2 aromatic carbocycles. The van der Waals surface area contributed by atoms with Crippen LogP contribution in [0.1, 0.15) is 31.7 Å². The number of rotatable bonds is 9. The zero-order valence-electron chi connectivity index (χ0n) is 17.8. The Bertz CT molecular complexity index is 1300. The van der Waals surface area contributed by atoms with Gasteiger partial charge in [0.25, 0.3) is 5.56 Å². The molecule has 1 N–H and O–H groups in total. The normalized spacial score (nSPS) is 11.3. The molecule has 32 heavy (non-hydrogen) atoms. The molecule has 1 amide bonds. The summed E-state index contributed by atoms with van der Waals surface area (Å²) in [5, 5.41) is 12.5. The Morgan fingerprint density at radius 3 is 2.66 bits per heavy atom. The van der Waals surface area contributed by atoms with Gasteiger partial charge in [0, 0.05) is 13.1 Å². The lowest BCUT2D eigenvalue weighted by atomic mass is 10.2. The number of carbonyl (C=O) groups is 1. The van der Waals surface area contributed by atoms with E-state index in [-0.39, 0.29) is 23.0 Å². The SMILES string of the molecule is CCCCCn1c(=O)c2ccccc2n2c(SCC(=O)NCc3ccc(F)cc3)nnc12. The molecule has 166 valence electrons. The number of amides is 1. The number of hydrogen-bond donors (Lipinski definition) is 1. The molecule has 0 fully saturated rings. The number of hydrogen-bond acceptors (Lipinski definition) is 5. The van der Waals surface area contributed by atoms with Crippen molar-refractivity contribution in [2.75, 3.05) is 5.75 Å². The van der Waals surface area contributed by atoms with Gasteiger partial charge in [-0.05, 0) is 36.2 Å². The van der Waals surface area contributed by atoms with Crippen LogP contribution >= 0.6 is 11.8 Å². The standard InChI is InChI=1S/C23H24FN5O2S/c1-2-3-6-13-28-21(31)18-7-4-5-8-19(18)29-22(28)26-27-23(29)32-15-20(30)25-14-16-9-11-17(24)12-10-16/h4-5,7-12H,2-3,6,13-15H2,1H3,(H,25,30). The highest BCUT2D eigenvalue weighted by molar-refractivity contribution is 7.99. The summed E-state index contributed by atoms with van der Waals surface area (Å²) < 4.78 is 16.5. The van der Waals surface area contributed by atoms with E-state index in [0.717, 1.165) is 30.3 Å². The van der Waals surface area contributed by atoms with Crippen molar-refractivity contribution in [3.05, 3.63) is 70.3 Å². The van der Waals surface area contributed by atoms with Gasteiger partial charge in [0.2, 0.25) is 11.7 Å². The highest BCUT2D eigenvalue weighted by Crippen LogP contribution is 2.21. The quantitative estimate of drug-likeness (QED) is 0.308. The minimum absolute atomic E-state index is 0.0785. The van der Waals surface area contributed by atoms with Crippen molar-refractivity contribution in [1.29, 1.82) is 0 Å². The van der Waals surface area contributed by atoms with E-state index in [1.165, 1.54) is 23.9 Å². The number of nitrogens with zero attached hydrogens (tertiary/aromatic N) is 4. The van der Waals surface area contributed by atoms with Crippen molar-refractivity contribution < 1.29 is 9.18 Å². The summed E-state index contributed by atoms with van der Waals surface area (Å²) in [6.45, 7) is 3.01. The van der Waals surface area contributed by atoms with Crippen LogP contribution in [0.4, 0.5) is 4.39 Å². The van der Waals surface area contributed by atoms with Crippen LogP contribution in [0.5, 0.6) is 0 Å². The average Bonchev–Trinajstić information content (AvgIpc) is 3.23. The van der Waals surface area contributed by atoms with E-state index < -0.39 is 0 Å². The Labute approximate surface area is 188 Å². The van der Waals surface area contributed by atoms with Crippen molar-refractivity contribution >= 4 is 34.3 Å². The zero-order valence-corrected chi connectivity index (χ0v) is 18.6. The summed E-state index contributed by atoms with van der Waals surface area (Å²) in [6, 6.07) is 13.4. The van der Waals surface area contributed by atoms with Gasteiger partial charge >= 0.3 is 0 Å². The van der Waals surface area contributed by atoms with E-state index in [1.807, 2.05) is 22.6 Å². The van der Waals surface area contributed by atoms with Crippen LogP contribution in [-0.2, 0) is 17.9 Å². The monoisotopic (exact) mass is 453 g/mol. The number of aromatic nitrogens is 4. The average molecular weight is 454 g/mol. The lowest BCUT2D eigenvalue weighted by Gasteiger charge is -2.11. The molecule has 0 spiro atoms. The smallest absolute Gasteiger partial charge is 0.262 e. The van der Waals surface area contributed by atoms with E-state index in [2.05, 4.69) is 22.4 Å². The molecule has 0 aliphatic rings. The summed E-state index contributed by atoms with van der Waals surface area (Å²) in [6.07, 6.45) is 2.96. The van der Waals surface area contributed by atoms with Gasteiger partial charge in [0.1, 0.15) is 5.82 Å². The Balaban J connectivity index is 1.56. The Morgan fingerprint density at radius 2 is 1.88 bits per heavy atom. The number of halogens is 1. The summed E-state index contributed by atoms with van der Waals surface area (Å²) in [7, 11) is 0. The first-order chi connectivity index (χ1) is 15.6. The number of fused-ring (bicyclic) bond motifs is 3. The lowest BCUT2D eigenvalue weighted by molar-refractivity contribution is -0.118. The Morgan fingerprint density at radius 1 is 1.09 bits per heavy atom. The number of unbranched alkanes of at least 4 members (excludes halogenated alkanes) is 2. The summed E-state index contributed by atoms with van der Waals surface area (Å²) >= 11 is 1.26. The van der Waals surface area contributed by atoms with Crippen molar-refractivity contribution in [2.24, 2.45) is 0 Å². The van der Waals surface area contributed by atoms with Gasteiger partial charge in [-0.3, -0.25) is 18.6 Å². The number of carbonyl (C=O) groups excluding carboxylic acids is 1. The van der Waals surface area contributed by atoms with Gasteiger partial charge in [-0.2, -0.15) is 0 Å². The maximum Gasteiger partial charge on any atom is 0.262 e. The molecule has 0 radical (unpaired) electrons. The molecule has 0 saturated carbocycles. The first-order valence-electron chi connectivity index (χ1n) is 10.6. The predicted octanol–water partition coefficient (Wildman–Crippen LogP) is 3.78. The molecule has 0 bridgehead atoms. The summed E-state index contributed by atoms with van der Waals surface area (Å²) in [5.41, 5.74) is 1.46. The van der Waals surface area contributed by atoms with E-state index in [9.17, 15) is 14.0 Å². The minimum atomic E-state index is -0.310. The molecule has 9 heteroatoms. The predicted molar refractivity (Wildman–Crippen MR) is 123 cm³/mol. The zero-order chi connectivity index (χ0) is 22.5. The van der Waals surface area contributed by atoms with E-state index >= 15 is 0 Å². The van der Waals surface area contributed by atoms with E-state index in [4.69, 9.17) is 0 Å². The van der Waals surface area contributed by atoms with Crippen molar-refractivity contribution in [3.63, 3.8) is 0 Å². The summed E-state index contributed by atoms with van der Waals surface area (Å²) in [5.74, 6) is 0.149. The first-order valence-corrected chi connectivity index (χ1v) is 11.6. The van der Waals surface area contributed by atoms with Crippen LogP contribution in [0.3, 0.4) is 0 Å². The van der Waals surface area contributed by atoms with Gasteiger partial charge in [0.15, 0.2) is 5.16 Å². The lowest BCUT2D eigenvalue weighted by Crippen LogP contribution is -2.25. The topological polar surface area (TPSA) is 81.3 Å². The van der Waals surface area contributed by atoms with Crippen LogP contribution in [0, 0.1) is 5.82 Å². The molecule has 4 rings (SSSR count).